The summed E-state index contributed by atoms with van der Waals surface area (Å²) in [5, 5.41) is 8.27. The molecule has 0 aliphatic rings. The summed E-state index contributed by atoms with van der Waals surface area (Å²) in [6.07, 6.45) is 2.00. The van der Waals surface area contributed by atoms with Crippen LogP contribution in [0.1, 0.15) is 41.8 Å². The van der Waals surface area contributed by atoms with E-state index in [2.05, 4.69) is 20.1 Å². The van der Waals surface area contributed by atoms with E-state index >= 15 is 0 Å². The number of halogens is 3. The fraction of sp³-hybridized carbons (Fsp3) is 0.333. The minimum Gasteiger partial charge on any atom is -0.487 e. The first-order valence-electron chi connectivity index (χ1n) is 12.0. The number of aromatic nitrogens is 4. The van der Waals surface area contributed by atoms with Crippen molar-refractivity contribution in [3.05, 3.63) is 70.1 Å². The zero-order valence-corrected chi connectivity index (χ0v) is 22.2. The number of fused-ring (bicyclic) bond motifs is 1. The minimum absolute atomic E-state index is 0.0996. The van der Waals surface area contributed by atoms with Gasteiger partial charge in [0.2, 0.25) is 5.91 Å². The predicted molar refractivity (Wildman–Crippen MR) is 140 cm³/mol. The maximum absolute atomic E-state index is 12.4. The number of hydrogen-bond donors (Lipinski definition) is 1. The van der Waals surface area contributed by atoms with Gasteiger partial charge in [-0.05, 0) is 49.6 Å². The van der Waals surface area contributed by atoms with E-state index in [4.69, 9.17) is 21.3 Å². The zero-order valence-electron chi connectivity index (χ0n) is 21.5. The van der Waals surface area contributed by atoms with Crippen LogP contribution in [0.15, 0.2) is 42.7 Å². The smallest absolute Gasteiger partial charge is 0.345 e. The van der Waals surface area contributed by atoms with Gasteiger partial charge in [0.05, 0.1) is 6.04 Å². The van der Waals surface area contributed by atoms with Crippen molar-refractivity contribution in [2.24, 2.45) is 7.05 Å². The molecule has 1 atom stereocenters. The molecule has 1 N–H and O–H groups in total. The monoisotopic (exact) mass is 543 g/mol. The van der Waals surface area contributed by atoms with Gasteiger partial charge in [0.1, 0.15) is 30.8 Å². The van der Waals surface area contributed by atoms with E-state index in [0.29, 0.717) is 34.1 Å². The molecule has 0 aliphatic carbocycles. The Morgan fingerprint density at radius 3 is 2.68 bits per heavy atom. The second-order valence-corrected chi connectivity index (χ2v) is 9.28. The van der Waals surface area contributed by atoms with Gasteiger partial charge in [-0.2, -0.15) is 13.9 Å². The van der Waals surface area contributed by atoms with Gasteiger partial charge in [-0.1, -0.05) is 36.7 Å². The summed E-state index contributed by atoms with van der Waals surface area (Å²) in [6, 6.07) is 10.9. The van der Waals surface area contributed by atoms with Crippen molar-refractivity contribution >= 4 is 28.4 Å². The minimum atomic E-state index is -3.02. The number of alkyl halides is 2. The van der Waals surface area contributed by atoms with Gasteiger partial charge in [-0.15, -0.1) is 0 Å². The number of para-hydroxylation sites is 1. The van der Waals surface area contributed by atoms with Crippen LogP contribution in [0, 0.1) is 13.8 Å². The van der Waals surface area contributed by atoms with Gasteiger partial charge in [-0.25, -0.2) is 14.6 Å². The molecule has 0 aliphatic heterocycles. The quantitative estimate of drug-likeness (QED) is 0.276. The maximum Gasteiger partial charge on any atom is 0.345 e. The first kappa shape index (κ1) is 27.4. The average molecular weight is 544 g/mol. The lowest BCUT2D eigenvalue weighted by Crippen LogP contribution is -2.32. The Hall–Kier alpha value is -3.63. The van der Waals surface area contributed by atoms with E-state index in [0.717, 1.165) is 27.8 Å². The van der Waals surface area contributed by atoms with Crippen molar-refractivity contribution in [2.75, 3.05) is 6.61 Å². The van der Waals surface area contributed by atoms with Crippen LogP contribution in [-0.2, 0) is 23.2 Å². The van der Waals surface area contributed by atoms with Gasteiger partial charge in [0.25, 0.3) is 0 Å². The van der Waals surface area contributed by atoms with Crippen LogP contribution in [0.2, 0.25) is 5.02 Å². The zero-order chi connectivity index (χ0) is 27.4. The highest BCUT2D eigenvalue weighted by molar-refractivity contribution is 6.31. The van der Waals surface area contributed by atoms with Gasteiger partial charge in [0.15, 0.2) is 5.82 Å². The number of carbonyl (C=O) groups excluding carboxylic acids is 1. The largest absolute Gasteiger partial charge is 0.487 e. The highest BCUT2D eigenvalue weighted by atomic mass is 35.5. The Balaban J connectivity index is 1.67. The van der Waals surface area contributed by atoms with Crippen molar-refractivity contribution in [1.29, 1.82) is 0 Å². The molecule has 0 bridgehead atoms. The third-order valence-corrected chi connectivity index (χ3v) is 6.43. The molecule has 4 rings (SSSR count). The molecule has 2 heterocycles. The molecule has 2 aromatic heterocycles. The number of rotatable bonds is 10. The normalized spacial score (nSPS) is 12.2. The molecule has 0 saturated carbocycles. The van der Waals surface area contributed by atoms with Crippen molar-refractivity contribution in [3.8, 4) is 17.1 Å². The summed E-state index contributed by atoms with van der Waals surface area (Å²) in [5.74, 6) is 0.616. The van der Waals surface area contributed by atoms with E-state index in [1.165, 1.54) is 6.33 Å². The summed E-state index contributed by atoms with van der Waals surface area (Å²) < 4.78 is 36.9. The number of carbonyl (C=O) groups is 1. The molecule has 0 unspecified atom stereocenters. The number of nitrogens with one attached hydrogen (secondary N) is 1. The summed E-state index contributed by atoms with van der Waals surface area (Å²) in [4.78, 5) is 21.3. The number of hydrogen-bond acceptors (Lipinski definition) is 6. The Bertz CT molecular complexity index is 1460. The number of nitrogens with zero attached hydrogens (tertiary/aromatic N) is 4. The lowest BCUT2D eigenvalue weighted by molar-refractivity contribution is -0.152. The molecule has 4 aromatic rings. The van der Waals surface area contributed by atoms with Crippen LogP contribution in [0.3, 0.4) is 0 Å². The second-order valence-electron chi connectivity index (χ2n) is 8.87. The Morgan fingerprint density at radius 1 is 1.21 bits per heavy atom. The third kappa shape index (κ3) is 6.08. The molecule has 0 radical (unpaired) electrons. The first-order valence-corrected chi connectivity index (χ1v) is 12.4. The van der Waals surface area contributed by atoms with Crippen LogP contribution >= 0.6 is 11.6 Å². The highest BCUT2D eigenvalue weighted by Gasteiger charge is 2.21. The molecule has 0 spiro atoms. The molecule has 8 nitrogen and oxygen atoms in total. The summed E-state index contributed by atoms with van der Waals surface area (Å²) in [5.41, 5.74) is 4.65. The van der Waals surface area contributed by atoms with Crippen molar-refractivity contribution in [2.45, 2.75) is 46.5 Å². The number of pyridine rings is 1. The van der Waals surface area contributed by atoms with Crippen molar-refractivity contribution in [3.63, 3.8) is 0 Å². The molecule has 1 amide bonds. The van der Waals surface area contributed by atoms with Gasteiger partial charge >= 0.3 is 6.61 Å². The first-order chi connectivity index (χ1) is 18.2. The Kier molecular flexibility index (Phi) is 8.53. The number of amides is 1. The molecule has 200 valence electrons. The van der Waals surface area contributed by atoms with E-state index in [-0.39, 0.29) is 6.61 Å². The topological polar surface area (TPSA) is 91.2 Å². The lowest BCUT2D eigenvalue weighted by Gasteiger charge is -2.23. The average Bonchev–Trinajstić information content (AvgIpc) is 3.30. The molecular weight excluding hydrogens is 516 g/mol. The van der Waals surface area contributed by atoms with Crippen molar-refractivity contribution in [1.82, 2.24) is 25.1 Å². The molecule has 38 heavy (non-hydrogen) atoms. The number of aryl methyl sites for hydroxylation is 3. The summed E-state index contributed by atoms with van der Waals surface area (Å²) >= 11 is 6.64. The van der Waals surface area contributed by atoms with E-state index in [1.54, 1.807) is 4.68 Å². The van der Waals surface area contributed by atoms with Gasteiger partial charge in [-0.3, -0.25) is 4.79 Å². The molecule has 0 fully saturated rings. The fourth-order valence-corrected chi connectivity index (χ4v) is 4.71. The Labute approximate surface area is 223 Å². The standard InChI is InChI=1S/C27H28ClF2N5O3/c1-5-22(34-24(36)13-38-27(29)30)18-9-15(2)10-21(28)20(18)12-37-23-8-6-7-17-19(11-16(3)33-25(17)23)26-31-14-32-35(26)4/h6-11,14,22,27H,5,12-13H2,1-4H3,(H,34,36)/t22-/m0/s1. The van der Waals surface area contributed by atoms with E-state index < -0.39 is 25.2 Å². The van der Waals surface area contributed by atoms with Crippen LogP contribution in [0.5, 0.6) is 5.75 Å². The summed E-state index contributed by atoms with van der Waals surface area (Å²) in [7, 11) is 1.83. The van der Waals surface area contributed by atoms with Gasteiger partial charge in [0, 0.05) is 34.3 Å². The van der Waals surface area contributed by atoms with Crippen LogP contribution in [0.25, 0.3) is 22.3 Å². The third-order valence-electron chi connectivity index (χ3n) is 6.09. The second kappa shape index (κ2) is 11.8. The SMILES string of the molecule is CC[C@H](NC(=O)COC(F)F)c1cc(C)cc(Cl)c1COc1cccc2c(-c3ncnn3C)cc(C)nc12. The van der Waals surface area contributed by atoms with E-state index in [1.807, 2.05) is 64.2 Å². The number of ether oxygens (including phenoxy) is 2. The molecule has 11 heteroatoms. The van der Waals surface area contributed by atoms with Crippen molar-refractivity contribution < 1.29 is 23.0 Å². The highest BCUT2D eigenvalue weighted by Crippen LogP contribution is 2.34. The predicted octanol–water partition coefficient (Wildman–Crippen LogP) is 5.69. The summed E-state index contributed by atoms with van der Waals surface area (Å²) in [6.45, 7) is 2.00. The molecule has 2 aromatic carbocycles. The molecular formula is C27H28ClF2N5O3. The van der Waals surface area contributed by atoms with E-state index in [9.17, 15) is 13.6 Å². The lowest BCUT2D eigenvalue weighted by atomic mass is 9.96. The number of benzene rings is 2. The molecule has 0 saturated heterocycles. The van der Waals surface area contributed by atoms with Gasteiger partial charge < -0.3 is 14.8 Å². The van der Waals surface area contributed by atoms with Crippen LogP contribution in [0.4, 0.5) is 8.78 Å². The van der Waals surface area contributed by atoms with Crippen LogP contribution in [-0.4, -0.2) is 38.9 Å². The maximum atomic E-state index is 12.4. The van der Waals surface area contributed by atoms with Crippen LogP contribution < -0.4 is 10.1 Å². The Morgan fingerprint density at radius 2 is 2.00 bits per heavy atom. The fourth-order valence-electron chi connectivity index (χ4n) is 4.38.